The summed E-state index contributed by atoms with van der Waals surface area (Å²) in [5.41, 5.74) is 5.25. The number of hydrogen-bond donors (Lipinski definition) is 1. The fourth-order valence-corrected chi connectivity index (χ4v) is 3.82. The highest BCUT2D eigenvalue weighted by Gasteiger charge is 2.10. The van der Waals surface area contributed by atoms with Gasteiger partial charge in [0.2, 0.25) is 0 Å². The number of pyridine rings is 4. The van der Waals surface area contributed by atoms with Crippen LogP contribution in [0, 0.1) is 6.92 Å². The van der Waals surface area contributed by atoms with Gasteiger partial charge in [0, 0.05) is 48.0 Å². The molecule has 0 unspecified atom stereocenters. The van der Waals surface area contributed by atoms with Crippen LogP contribution in [0.15, 0.2) is 85.5 Å². The van der Waals surface area contributed by atoms with Crippen LogP contribution in [0.1, 0.15) is 23.4 Å². The van der Waals surface area contributed by atoms with Crippen molar-refractivity contribution in [2.45, 2.75) is 19.9 Å². The maximum absolute atomic E-state index is 12.9. The lowest BCUT2D eigenvalue weighted by Crippen LogP contribution is -2.02. The minimum atomic E-state index is -2.59. The van der Waals surface area contributed by atoms with E-state index in [0.29, 0.717) is 12.1 Å². The lowest BCUT2D eigenvalue weighted by Gasteiger charge is -2.11. The summed E-state index contributed by atoms with van der Waals surface area (Å²) in [4.78, 5) is 17.1. The van der Waals surface area contributed by atoms with E-state index in [1.807, 2.05) is 61.7 Å². The van der Waals surface area contributed by atoms with Crippen molar-refractivity contribution in [2.75, 3.05) is 5.32 Å². The normalized spacial score (nSPS) is 11.2. The Labute approximate surface area is 195 Å². The quantitative estimate of drug-likeness (QED) is 0.313. The average Bonchev–Trinajstić information content (AvgIpc) is 2.87. The van der Waals surface area contributed by atoms with Gasteiger partial charge in [0.15, 0.2) is 0 Å². The molecule has 0 fully saturated rings. The van der Waals surface area contributed by atoms with Crippen molar-refractivity contribution in [1.82, 2.24) is 19.9 Å². The lowest BCUT2D eigenvalue weighted by atomic mass is 10.0. The number of alkyl halides is 2. The molecule has 0 radical (unpaired) electrons. The molecule has 34 heavy (non-hydrogen) atoms. The predicted molar refractivity (Wildman–Crippen MR) is 129 cm³/mol. The van der Waals surface area contributed by atoms with Crippen LogP contribution in [0.3, 0.4) is 0 Å². The summed E-state index contributed by atoms with van der Waals surface area (Å²) < 4.78 is 25.9. The summed E-state index contributed by atoms with van der Waals surface area (Å²) in [7, 11) is 0. The van der Waals surface area contributed by atoms with Gasteiger partial charge in [0.1, 0.15) is 11.5 Å². The maximum atomic E-state index is 12.9. The van der Waals surface area contributed by atoms with Crippen molar-refractivity contribution < 1.29 is 8.78 Å². The lowest BCUT2D eigenvalue weighted by molar-refractivity contribution is 0.146. The molecule has 0 aliphatic carbocycles. The number of nitrogens with zero attached hydrogens (tertiary/aromatic N) is 4. The molecular formula is C27H21F2N5. The zero-order valence-corrected chi connectivity index (χ0v) is 18.4. The molecule has 0 spiro atoms. The van der Waals surface area contributed by atoms with Crippen LogP contribution >= 0.6 is 0 Å². The second-order valence-corrected chi connectivity index (χ2v) is 7.96. The predicted octanol–water partition coefficient (Wildman–Crippen LogP) is 6.61. The van der Waals surface area contributed by atoms with Gasteiger partial charge in [-0.2, -0.15) is 0 Å². The third-order valence-electron chi connectivity index (χ3n) is 5.59. The van der Waals surface area contributed by atoms with E-state index in [9.17, 15) is 8.78 Å². The number of anilines is 1. The van der Waals surface area contributed by atoms with Crippen LogP contribution in [0.4, 0.5) is 14.6 Å². The number of nitrogens with one attached hydrogen (secondary N) is 1. The van der Waals surface area contributed by atoms with Gasteiger partial charge in [-0.05, 0) is 65.4 Å². The molecule has 5 aromatic rings. The Bertz CT molecular complexity index is 1450. The highest BCUT2D eigenvalue weighted by molar-refractivity contribution is 5.93. The van der Waals surface area contributed by atoms with Crippen molar-refractivity contribution in [3.8, 4) is 22.4 Å². The fourth-order valence-electron chi connectivity index (χ4n) is 3.82. The molecule has 5 nitrogen and oxygen atoms in total. The van der Waals surface area contributed by atoms with Crippen LogP contribution in [-0.4, -0.2) is 19.9 Å². The fraction of sp³-hybridized carbons (Fsp3) is 0.111. The summed E-state index contributed by atoms with van der Waals surface area (Å²) in [5.74, 6) is 0.752. The van der Waals surface area contributed by atoms with E-state index in [2.05, 4.69) is 25.3 Å². The van der Waals surface area contributed by atoms with Crippen LogP contribution in [-0.2, 0) is 6.54 Å². The molecule has 0 saturated carbocycles. The first kappa shape index (κ1) is 21.6. The molecular weight excluding hydrogens is 432 g/mol. The molecule has 7 heteroatoms. The number of rotatable bonds is 6. The van der Waals surface area contributed by atoms with Gasteiger partial charge < -0.3 is 5.32 Å². The Morgan fingerprint density at radius 2 is 1.53 bits per heavy atom. The van der Waals surface area contributed by atoms with Crippen molar-refractivity contribution in [2.24, 2.45) is 0 Å². The SMILES string of the molecule is Cc1cc(-c2cc3ccnc(NCc4ccc(-c5ccnc(C(F)F)c5)cc4)c3cn2)ccn1. The maximum Gasteiger partial charge on any atom is 0.280 e. The van der Waals surface area contributed by atoms with Gasteiger partial charge in [-0.3, -0.25) is 15.0 Å². The highest BCUT2D eigenvalue weighted by atomic mass is 19.3. The second-order valence-electron chi connectivity index (χ2n) is 7.96. The summed E-state index contributed by atoms with van der Waals surface area (Å²) in [6.07, 6.45) is 4.22. The van der Waals surface area contributed by atoms with Crippen LogP contribution < -0.4 is 5.32 Å². The molecule has 0 atom stereocenters. The standard InChI is InChI=1S/C27H21F2N5/c1-17-12-22(8-9-30-17)24-14-21-7-11-32-27(23(21)16-33-24)34-15-18-2-4-19(5-3-18)20-6-10-31-25(13-20)26(28)29/h2-14,16,26H,15H2,1H3,(H,32,34). The van der Waals surface area contributed by atoms with E-state index in [0.717, 1.165) is 44.7 Å². The molecule has 0 aliphatic heterocycles. The van der Waals surface area contributed by atoms with Gasteiger partial charge in [0.05, 0.1) is 5.69 Å². The Kier molecular flexibility index (Phi) is 5.91. The Balaban J connectivity index is 1.33. The van der Waals surface area contributed by atoms with Gasteiger partial charge in [-0.25, -0.2) is 13.8 Å². The van der Waals surface area contributed by atoms with Crippen molar-refractivity contribution in [3.63, 3.8) is 0 Å². The smallest absolute Gasteiger partial charge is 0.280 e. The second kappa shape index (κ2) is 9.31. The molecule has 4 heterocycles. The van der Waals surface area contributed by atoms with Crippen molar-refractivity contribution in [3.05, 3.63) is 102 Å². The van der Waals surface area contributed by atoms with Gasteiger partial charge in [-0.15, -0.1) is 0 Å². The third kappa shape index (κ3) is 4.59. The van der Waals surface area contributed by atoms with Crippen LogP contribution in [0.2, 0.25) is 0 Å². The van der Waals surface area contributed by atoms with Crippen molar-refractivity contribution >= 4 is 16.6 Å². The number of fused-ring (bicyclic) bond motifs is 1. The number of aryl methyl sites for hydroxylation is 1. The summed E-state index contributed by atoms with van der Waals surface area (Å²) in [6, 6.07) is 18.9. The molecule has 5 rings (SSSR count). The molecule has 0 saturated heterocycles. The Morgan fingerprint density at radius 3 is 2.32 bits per heavy atom. The zero-order valence-electron chi connectivity index (χ0n) is 18.4. The number of aromatic nitrogens is 4. The largest absolute Gasteiger partial charge is 0.365 e. The number of halogens is 2. The molecule has 0 bridgehead atoms. The average molecular weight is 453 g/mol. The first-order valence-electron chi connectivity index (χ1n) is 10.8. The monoisotopic (exact) mass is 453 g/mol. The number of hydrogen-bond acceptors (Lipinski definition) is 5. The molecule has 1 aromatic carbocycles. The van der Waals surface area contributed by atoms with E-state index >= 15 is 0 Å². The zero-order chi connectivity index (χ0) is 23.5. The first-order chi connectivity index (χ1) is 16.6. The van der Waals surface area contributed by atoms with E-state index < -0.39 is 6.43 Å². The summed E-state index contributed by atoms with van der Waals surface area (Å²) in [6.45, 7) is 2.52. The Hall–Kier alpha value is -4.26. The Morgan fingerprint density at radius 1 is 0.765 bits per heavy atom. The highest BCUT2D eigenvalue weighted by Crippen LogP contribution is 2.27. The molecule has 168 valence electrons. The minimum absolute atomic E-state index is 0.221. The van der Waals surface area contributed by atoms with E-state index in [4.69, 9.17) is 0 Å². The molecule has 0 amide bonds. The third-order valence-corrected chi connectivity index (χ3v) is 5.59. The minimum Gasteiger partial charge on any atom is -0.365 e. The van der Waals surface area contributed by atoms with Crippen LogP contribution in [0.25, 0.3) is 33.2 Å². The van der Waals surface area contributed by atoms with Crippen LogP contribution in [0.5, 0.6) is 0 Å². The van der Waals surface area contributed by atoms with E-state index in [1.165, 1.54) is 12.3 Å². The van der Waals surface area contributed by atoms with E-state index in [1.54, 1.807) is 18.5 Å². The molecule has 0 aliphatic rings. The van der Waals surface area contributed by atoms with Gasteiger partial charge >= 0.3 is 0 Å². The van der Waals surface area contributed by atoms with Gasteiger partial charge in [0.25, 0.3) is 6.43 Å². The van der Waals surface area contributed by atoms with Gasteiger partial charge in [-0.1, -0.05) is 24.3 Å². The van der Waals surface area contributed by atoms with Crippen molar-refractivity contribution in [1.29, 1.82) is 0 Å². The summed E-state index contributed by atoms with van der Waals surface area (Å²) >= 11 is 0. The molecule has 4 aromatic heterocycles. The topological polar surface area (TPSA) is 63.6 Å². The molecule has 1 N–H and O–H groups in total. The van der Waals surface area contributed by atoms with E-state index in [-0.39, 0.29) is 5.69 Å². The summed E-state index contributed by atoms with van der Waals surface area (Å²) in [5, 5.41) is 5.36. The first-order valence-corrected chi connectivity index (χ1v) is 10.8. The number of benzene rings is 1.